The molecular weight excluding hydrogens is 280 g/mol. The molecule has 112 valence electrons. The molecule has 3 heterocycles. The van der Waals surface area contributed by atoms with E-state index in [1.165, 1.54) is 6.26 Å². The summed E-state index contributed by atoms with van der Waals surface area (Å²) in [5, 5.41) is 2.83. The number of carbonyl (C=O) groups is 1. The Bertz CT molecular complexity index is 835. The largest absolute Gasteiger partial charge is 0.459 e. The monoisotopic (exact) mass is 296 g/mol. The van der Waals surface area contributed by atoms with Gasteiger partial charge in [0, 0.05) is 18.8 Å². The van der Waals surface area contributed by atoms with Crippen LogP contribution in [-0.2, 0) is 13.1 Å². The van der Waals surface area contributed by atoms with Gasteiger partial charge < -0.3 is 14.3 Å². The van der Waals surface area contributed by atoms with Crippen molar-refractivity contribution in [3.63, 3.8) is 0 Å². The highest BCUT2D eigenvalue weighted by atomic mass is 16.3. The second-order valence-corrected chi connectivity index (χ2v) is 5.55. The molecule has 1 aliphatic heterocycles. The summed E-state index contributed by atoms with van der Waals surface area (Å²) in [5.41, 5.74) is 2.74. The molecule has 0 spiro atoms. The first-order valence-corrected chi connectivity index (χ1v) is 7.23. The third-order valence-corrected chi connectivity index (χ3v) is 3.95. The highest BCUT2D eigenvalue weighted by Gasteiger charge is 2.18. The van der Waals surface area contributed by atoms with Gasteiger partial charge in [-0.25, -0.2) is 4.98 Å². The number of benzene rings is 1. The van der Waals surface area contributed by atoms with Gasteiger partial charge in [0.05, 0.1) is 23.8 Å². The molecule has 0 unspecified atom stereocenters. The number of anilines is 1. The van der Waals surface area contributed by atoms with Gasteiger partial charge in [-0.3, -0.25) is 9.69 Å². The average molecular weight is 296 g/mol. The first-order valence-electron chi connectivity index (χ1n) is 7.23. The van der Waals surface area contributed by atoms with Crippen LogP contribution in [0.1, 0.15) is 16.4 Å². The number of amides is 1. The molecule has 22 heavy (non-hydrogen) atoms. The van der Waals surface area contributed by atoms with Crippen molar-refractivity contribution in [1.82, 2.24) is 14.5 Å². The fourth-order valence-electron chi connectivity index (χ4n) is 2.82. The number of hydrogen-bond acceptors (Lipinski definition) is 4. The smallest absolute Gasteiger partial charge is 0.291 e. The number of carbonyl (C=O) groups excluding carboxylic acids is 1. The summed E-state index contributed by atoms with van der Waals surface area (Å²) in [4.78, 5) is 18.9. The molecule has 6 nitrogen and oxygen atoms in total. The van der Waals surface area contributed by atoms with Crippen molar-refractivity contribution in [3.8, 4) is 0 Å². The topological polar surface area (TPSA) is 63.3 Å². The maximum absolute atomic E-state index is 12.0. The predicted molar refractivity (Wildman–Crippen MR) is 82.7 cm³/mol. The Labute approximate surface area is 127 Å². The number of likely N-dealkylation sites (N-methyl/N-ethyl adjacent to an activating group) is 1. The number of imidazole rings is 1. The van der Waals surface area contributed by atoms with E-state index in [0.717, 1.165) is 42.2 Å². The van der Waals surface area contributed by atoms with Crippen LogP contribution in [0.5, 0.6) is 0 Å². The van der Waals surface area contributed by atoms with Crippen molar-refractivity contribution in [1.29, 1.82) is 0 Å². The summed E-state index contributed by atoms with van der Waals surface area (Å²) >= 11 is 0. The Balaban J connectivity index is 1.65. The lowest BCUT2D eigenvalue weighted by Gasteiger charge is -2.23. The van der Waals surface area contributed by atoms with Crippen molar-refractivity contribution in [3.05, 3.63) is 48.2 Å². The molecule has 0 aliphatic carbocycles. The molecule has 0 fully saturated rings. The zero-order valence-electron chi connectivity index (χ0n) is 12.2. The van der Waals surface area contributed by atoms with Crippen molar-refractivity contribution in [2.75, 3.05) is 18.9 Å². The van der Waals surface area contributed by atoms with E-state index < -0.39 is 0 Å². The highest BCUT2D eigenvalue weighted by molar-refractivity contribution is 6.03. The van der Waals surface area contributed by atoms with E-state index in [1.54, 1.807) is 12.1 Å². The van der Waals surface area contributed by atoms with Crippen molar-refractivity contribution in [2.24, 2.45) is 0 Å². The first kappa shape index (κ1) is 13.1. The average Bonchev–Trinajstić information content (AvgIpc) is 3.13. The normalized spacial score (nSPS) is 15.0. The Morgan fingerprint density at radius 1 is 1.32 bits per heavy atom. The quantitative estimate of drug-likeness (QED) is 0.788. The van der Waals surface area contributed by atoms with Crippen LogP contribution in [0.15, 0.2) is 41.0 Å². The molecule has 1 N–H and O–H groups in total. The zero-order valence-corrected chi connectivity index (χ0v) is 12.2. The number of rotatable bonds is 2. The van der Waals surface area contributed by atoms with Gasteiger partial charge >= 0.3 is 0 Å². The fraction of sp³-hybridized carbons (Fsp3) is 0.250. The minimum atomic E-state index is -0.256. The molecule has 2 aromatic heterocycles. The van der Waals surface area contributed by atoms with Gasteiger partial charge in [-0.1, -0.05) is 0 Å². The Hall–Kier alpha value is -2.60. The van der Waals surface area contributed by atoms with Crippen LogP contribution in [0.4, 0.5) is 5.69 Å². The summed E-state index contributed by atoms with van der Waals surface area (Å²) in [6.45, 7) is 2.82. The SMILES string of the molecule is CN1CCn2c(nc3cc(NC(=O)c4ccco4)ccc32)C1. The molecule has 4 rings (SSSR count). The molecule has 1 amide bonds. The molecule has 3 aromatic rings. The summed E-state index contributed by atoms with van der Waals surface area (Å²) < 4.78 is 7.34. The van der Waals surface area contributed by atoms with E-state index in [0.29, 0.717) is 5.76 Å². The summed E-state index contributed by atoms with van der Waals surface area (Å²) in [6.07, 6.45) is 1.48. The Kier molecular flexibility index (Phi) is 2.97. The van der Waals surface area contributed by atoms with Crippen molar-refractivity contribution < 1.29 is 9.21 Å². The first-order chi connectivity index (χ1) is 10.7. The molecule has 6 heteroatoms. The van der Waals surface area contributed by atoms with Gasteiger partial charge in [-0.05, 0) is 37.4 Å². The van der Waals surface area contributed by atoms with Crippen LogP contribution >= 0.6 is 0 Å². The Morgan fingerprint density at radius 3 is 3.05 bits per heavy atom. The number of nitrogens with zero attached hydrogens (tertiary/aromatic N) is 3. The van der Waals surface area contributed by atoms with Crippen molar-refractivity contribution in [2.45, 2.75) is 13.1 Å². The van der Waals surface area contributed by atoms with Crippen LogP contribution in [0, 0.1) is 0 Å². The number of aromatic nitrogens is 2. The molecule has 1 aromatic carbocycles. The van der Waals surface area contributed by atoms with Crippen LogP contribution < -0.4 is 5.32 Å². The minimum absolute atomic E-state index is 0.256. The molecular formula is C16H16N4O2. The van der Waals surface area contributed by atoms with Crippen LogP contribution in [0.3, 0.4) is 0 Å². The highest BCUT2D eigenvalue weighted by Crippen LogP contribution is 2.23. The standard InChI is InChI=1S/C16H16N4O2/c1-19-6-7-20-13-5-4-11(9-12(13)18-15(20)10-19)17-16(21)14-3-2-8-22-14/h2-5,8-9H,6-7,10H2,1H3,(H,17,21). The maximum Gasteiger partial charge on any atom is 0.291 e. The van der Waals surface area contributed by atoms with Crippen molar-refractivity contribution >= 4 is 22.6 Å². The van der Waals surface area contributed by atoms with Gasteiger partial charge in [-0.15, -0.1) is 0 Å². The minimum Gasteiger partial charge on any atom is -0.459 e. The summed E-state index contributed by atoms with van der Waals surface area (Å²) in [5.74, 6) is 1.11. The van der Waals surface area contributed by atoms with Gasteiger partial charge in [0.2, 0.25) is 0 Å². The zero-order chi connectivity index (χ0) is 15.1. The van der Waals surface area contributed by atoms with E-state index >= 15 is 0 Å². The molecule has 1 aliphatic rings. The summed E-state index contributed by atoms with van der Waals surface area (Å²) in [6, 6.07) is 9.14. The maximum atomic E-state index is 12.0. The lowest BCUT2D eigenvalue weighted by atomic mass is 10.2. The van der Waals surface area contributed by atoms with E-state index in [9.17, 15) is 4.79 Å². The van der Waals surface area contributed by atoms with E-state index in [1.807, 2.05) is 18.2 Å². The van der Waals surface area contributed by atoms with Crippen LogP contribution in [-0.4, -0.2) is 34.0 Å². The number of fused-ring (bicyclic) bond motifs is 3. The lowest BCUT2D eigenvalue weighted by Crippen LogP contribution is -2.30. The van der Waals surface area contributed by atoms with Crippen LogP contribution in [0.2, 0.25) is 0 Å². The second kappa shape index (κ2) is 4.99. The lowest BCUT2D eigenvalue weighted by molar-refractivity contribution is 0.0996. The molecule has 0 bridgehead atoms. The molecule has 0 saturated heterocycles. The van der Waals surface area contributed by atoms with E-state index in [2.05, 4.69) is 26.8 Å². The van der Waals surface area contributed by atoms with Gasteiger partial charge in [-0.2, -0.15) is 0 Å². The second-order valence-electron chi connectivity index (χ2n) is 5.55. The van der Waals surface area contributed by atoms with Gasteiger partial charge in [0.25, 0.3) is 5.91 Å². The molecule has 0 radical (unpaired) electrons. The molecule has 0 saturated carbocycles. The number of hydrogen-bond donors (Lipinski definition) is 1. The van der Waals surface area contributed by atoms with Crippen LogP contribution in [0.25, 0.3) is 11.0 Å². The third-order valence-electron chi connectivity index (χ3n) is 3.95. The fourth-order valence-corrected chi connectivity index (χ4v) is 2.82. The predicted octanol–water partition coefficient (Wildman–Crippen LogP) is 2.33. The van der Waals surface area contributed by atoms with E-state index in [4.69, 9.17) is 4.42 Å². The Morgan fingerprint density at radius 2 is 2.23 bits per heavy atom. The number of nitrogens with one attached hydrogen (secondary N) is 1. The summed E-state index contributed by atoms with van der Waals surface area (Å²) in [7, 11) is 2.10. The van der Waals surface area contributed by atoms with E-state index in [-0.39, 0.29) is 5.91 Å². The third kappa shape index (κ3) is 2.17. The molecule has 0 atom stereocenters. The number of furan rings is 1. The van der Waals surface area contributed by atoms with Gasteiger partial charge in [0.15, 0.2) is 5.76 Å². The van der Waals surface area contributed by atoms with Gasteiger partial charge in [0.1, 0.15) is 5.82 Å².